The minimum Gasteiger partial charge on any atom is -0.393 e. The maximum atomic E-state index is 12.3. The van der Waals surface area contributed by atoms with Gasteiger partial charge in [-0.15, -0.1) is 0 Å². The van der Waals surface area contributed by atoms with Gasteiger partial charge in [0, 0.05) is 30.1 Å². The van der Waals surface area contributed by atoms with Crippen LogP contribution in [0.3, 0.4) is 0 Å². The summed E-state index contributed by atoms with van der Waals surface area (Å²) in [6.07, 6.45) is 42.9. The number of rotatable bonds is 6. The summed E-state index contributed by atoms with van der Waals surface area (Å²) in [6, 6.07) is 0. The van der Waals surface area contributed by atoms with E-state index in [9.17, 15) is 49.5 Å². The van der Waals surface area contributed by atoms with E-state index in [0.29, 0.717) is 81.4 Å². The molecule has 0 spiro atoms. The van der Waals surface area contributed by atoms with Crippen LogP contribution in [0.4, 0.5) is 0 Å². The third-order valence-electron chi connectivity index (χ3n) is 35.4. The minimum atomic E-state index is -0.298. The van der Waals surface area contributed by atoms with Crippen LogP contribution < -0.4 is 0 Å². The van der Waals surface area contributed by atoms with Gasteiger partial charge in [0.05, 0.1) is 18.3 Å². The normalized spacial score (nSPS) is 52.2. The largest absolute Gasteiger partial charge is 0.393 e. The van der Waals surface area contributed by atoms with Crippen LogP contribution in [0.5, 0.6) is 0 Å². The van der Waals surface area contributed by atoms with E-state index in [1.165, 1.54) is 115 Å². The Balaban J connectivity index is 0.000000114. The van der Waals surface area contributed by atoms with Gasteiger partial charge in [0.15, 0.2) is 17.3 Å². The van der Waals surface area contributed by atoms with Crippen molar-refractivity contribution >= 4 is 28.9 Å². The van der Waals surface area contributed by atoms with E-state index in [1.54, 1.807) is 5.57 Å². The van der Waals surface area contributed by atoms with Crippen molar-refractivity contribution in [3.05, 3.63) is 23.3 Å². The quantitative estimate of drug-likeness (QED) is 0.160. The Morgan fingerprint density at radius 3 is 1.21 bits per heavy atom. The van der Waals surface area contributed by atoms with E-state index in [-0.39, 0.29) is 82.0 Å². The third kappa shape index (κ3) is 11.3. The summed E-state index contributed by atoms with van der Waals surface area (Å²) in [5.41, 5.74) is 5.08. The zero-order chi connectivity index (χ0) is 67.0. The molecule has 0 radical (unpaired) electrons. The molecule has 14 saturated carbocycles. The molecule has 10 nitrogen and oxygen atoms in total. The van der Waals surface area contributed by atoms with Gasteiger partial charge in [0.1, 0.15) is 24.8 Å². The van der Waals surface area contributed by atoms with E-state index in [4.69, 9.17) is 0 Å². The highest BCUT2D eigenvalue weighted by Crippen LogP contribution is 2.72. The van der Waals surface area contributed by atoms with Crippen molar-refractivity contribution in [1.29, 1.82) is 0 Å². The summed E-state index contributed by atoms with van der Waals surface area (Å²) in [4.78, 5) is 60.7. The van der Waals surface area contributed by atoms with Crippen molar-refractivity contribution in [2.45, 2.75) is 306 Å². The van der Waals surface area contributed by atoms with Gasteiger partial charge >= 0.3 is 0 Å². The molecule has 0 heterocycles. The fourth-order valence-corrected chi connectivity index (χ4v) is 30.3. The average Bonchev–Trinajstić information content (AvgIpc) is 1.37. The Hall–Kier alpha value is -2.37. The van der Waals surface area contributed by atoms with Crippen LogP contribution >= 0.6 is 0 Å². The van der Waals surface area contributed by atoms with Crippen LogP contribution in [-0.2, 0) is 24.0 Å². The monoisotopic (exact) mass is 1300 g/mol. The Bertz CT molecular complexity index is 2940. The summed E-state index contributed by atoms with van der Waals surface area (Å²) < 4.78 is 0. The first-order valence-electron chi connectivity index (χ1n) is 39.8. The van der Waals surface area contributed by atoms with Crippen LogP contribution in [0.15, 0.2) is 23.3 Å². The maximum absolute atomic E-state index is 12.3. The lowest BCUT2D eigenvalue weighted by molar-refractivity contribution is -0.141. The van der Waals surface area contributed by atoms with E-state index in [1.807, 2.05) is 19.9 Å². The molecule has 0 aromatic carbocycles. The number of hydrogen-bond acceptors (Lipinski definition) is 10. The van der Waals surface area contributed by atoms with Crippen LogP contribution in [0.1, 0.15) is 288 Å². The molecule has 0 aromatic heterocycles. The molecule has 16 aliphatic rings. The molecule has 16 aliphatic carbocycles. The molecule has 94 heavy (non-hydrogen) atoms. The number of aliphatic hydroxyl groups excluding tert-OH is 5. The molecular formula is C84H130O10. The highest BCUT2D eigenvalue weighted by Gasteiger charge is 2.65. The number of aliphatic hydroxyl groups is 5. The van der Waals surface area contributed by atoms with E-state index < -0.39 is 0 Å². The molecule has 0 aliphatic heterocycles. The van der Waals surface area contributed by atoms with Gasteiger partial charge in [0.25, 0.3) is 0 Å². The van der Waals surface area contributed by atoms with Gasteiger partial charge in [-0.2, -0.15) is 0 Å². The van der Waals surface area contributed by atoms with Crippen molar-refractivity contribution < 1.29 is 49.5 Å². The zero-order valence-electron chi connectivity index (χ0n) is 60.5. The second kappa shape index (κ2) is 25.9. The summed E-state index contributed by atoms with van der Waals surface area (Å²) in [5, 5.41) is 49.0. The first kappa shape index (κ1) is 70.1. The lowest BCUT2D eigenvalue weighted by Crippen LogP contribution is -2.54. The highest BCUT2D eigenvalue weighted by molar-refractivity contribution is 5.91. The molecule has 5 N–H and O–H groups in total. The first-order chi connectivity index (χ1) is 44.5. The number of carbonyl (C=O) groups excluding carboxylic acids is 5. The topological polar surface area (TPSA) is 186 Å². The van der Waals surface area contributed by atoms with Gasteiger partial charge in [-0.3, -0.25) is 24.0 Å². The second-order valence-corrected chi connectivity index (χ2v) is 38.5. The number of fused-ring (bicyclic) bond motifs is 20. The fraction of sp³-hybridized carbons (Fsp3) is 0.893. The smallest absolute Gasteiger partial charge is 0.161 e. The van der Waals surface area contributed by atoms with Gasteiger partial charge in [-0.05, 0) is 358 Å². The second-order valence-electron chi connectivity index (χ2n) is 38.5. The molecule has 29 atom stereocenters. The Kier molecular flexibility index (Phi) is 19.3. The third-order valence-corrected chi connectivity index (χ3v) is 35.4. The van der Waals surface area contributed by atoms with Crippen molar-refractivity contribution in [3.63, 3.8) is 0 Å². The van der Waals surface area contributed by atoms with Gasteiger partial charge in [0.2, 0.25) is 0 Å². The Morgan fingerprint density at radius 1 is 0.383 bits per heavy atom. The van der Waals surface area contributed by atoms with Gasteiger partial charge in [-0.1, -0.05) is 72.6 Å². The van der Waals surface area contributed by atoms with Gasteiger partial charge in [-0.25, -0.2) is 0 Å². The molecule has 526 valence electrons. The van der Waals surface area contributed by atoms with Crippen molar-refractivity contribution in [3.8, 4) is 0 Å². The number of carbonyl (C=O) groups is 5. The molecule has 0 amide bonds. The van der Waals surface area contributed by atoms with Crippen LogP contribution in [0.2, 0.25) is 0 Å². The minimum absolute atomic E-state index is 0.0490. The van der Waals surface area contributed by atoms with Crippen LogP contribution in [0.25, 0.3) is 0 Å². The molecule has 14 fully saturated rings. The standard InChI is InChI=1S/C21H34O3.C21H30O3.C21H34O2.C21H32O2/c2*1-20-9-7-14(23)11-13(20)3-4-15-16-5-6-18(19(24)12-22)21(16,2)10-8-17(15)20;2*1-13(22)17-6-7-18-16-5-4-14-12-15(23)8-10-20(14,2)19(16)9-11-21(17,18)3/h13-18,22-23H,3-12H2,1-2H3;11,15-18,22H,3-10,12H2,1-2H3;14-19,23H,4-12H2,1-3H3;4,15-19,23H,5-12H2,1-3H3/t13-,14+,15-,16-,17-,18+,20-,21-;15-,16-,17-,18+,20-,21-;14-,15-,16+,17-,18+,19+,20+,21-;15-,16-,17+,18-,19-,20-,21+/m0010/s1. The summed E-state index contributed by atoms with van der Waals surface area (Å²) in [6.45, 7) is 22.5. The van der Waals surface area contributed by atoms with E-state index >= 15 is 0 Å². The molecule has 0 bridgehead atoms. The van der Waals surface area contributed by atoms with E-state index in [0.717, 1.165) is 156 Å². The Morgan fingerprint density at radius 2 is 0.755 bits per heavy atom. The maximum Gasteiger partial charge on any atom is 0.161 e. The van der Waals surface area contributed by atoms with Crippen molar-refractivity contribution in [2.24, 2.45) is 150 Å². The predicted molar refractivity (Wildman–Crippen MR) is 369 cm³/mol. The number of hydrogen-bond donors (Lipinski definition) is 5. The molecule has 10 heteroatoms. The SMILES string of the molecule is CC(=O)[C@H]1CC[C@H]2[C@@H]3CC=C4C[C@@H](O)CC[C@]4(C)[C@H]3CC[C@]12C.CC(=O)[C@H]1CC[C@H]2[C@@H]3CC[C@@H]4C[C@H](O)CC[C@]4(C)[C@H]3CC[C@]12C.C[C@]12CC[C@@H](O)C[C@@H]1CC[C@@H]1[C@@H]2CC[C@]2(C)[C@@H](C(=O)CO)CC[C@@H]12.C[C@]12CC[C@H]3[C@@H](CCC4=CC(=O)CC[C@@]43C)[C@@H]1CC[C@@H]2C(=O)CO. The zero-order valence-corrected chi connectivity index (χ0v) is 60.5. The Labute approximate surface area is 567 Å². The number of Topliss-reactive ketones (excluding diaryl/α,β-unsaturated/α-hetero) is 4. The fourth-order valence-electron chi connectivity index (χ4n) is 30.3. The number of allylic oxidation sites excluding steroid dienone is 2. The lowest BCUT2D eigenvalue weighted by atomic mass is 9.44. The van der Waals surface area contributed by atoms with E-state index in [2.05, 4.69) is 61.5 Å². The van der Waals surface area contributed by atoms with Gasteiger partial charge < -0.3 is 25.5 Å². The first-order valence-corrected chi connectivity index (χ1v) is 39.8. The van der Waals surface area contributed by atoms with Crippen molar-refractivity contribution in [2.75, 3.05) is 13.2 Å². The molecule has 0 aromatic rings. The van der Waals surface area contributed by atoms with Crippen LogP contribution in [0, 0.1) is 150 Å². The highest BCUT2D eigenvalue weighted by atomic mass is 16.3. The lowest BCUT2D eigenvalue weighted by Gasteiger charge is -2.60. The molecule has 16 rings (SSSR count). The molecule has 0 saturated heterocycles. The summed E-state index contributed by atoms with van der Waals surface area (Å²) in [5.74, 6) is 12.5. The predicted octanol–water partition coefficient (Wildman–Crippen LogP) is 16.4. The average molecular weight is 1300 g/mol. The van der Waals surface area contributed by atoms with Crippen molar-refractivity contribution in [1.82, 2.24) is 0 Å². The molecular weight excluding hydrogens is 1170 g/mol. The number of ketones is 5. The van der Waals surface area contributed by atoms with Crippen LogP contribution in [-0.4, -0.2) is 86.0 Å². The molecule has 0 unspecified atom stereocenters. The summed E-state index contributed by atoms with van der Waals surface area (Å²) in [7, 11) is 0. The summed E-state index contributed by atoms with van der Waals surface area (Å²) >= 11 is 0.